The van der Waals surface area contributed by atoms with Crippen LogP contribution in [0, 0.1) is 29.6 Å². The zero-order valence-corrected chi connectivity index (χ0v) is 10.7. The molecule has 1 aliphatic carbocycles. The third kappa shape index (κ3) is 3.00. The van der Waals surface area contributed by atoms with Crippen LogP contribution in [0.3, 0.4) is 0 Å². The summed E-state index contributed by atoms with van der Waals surface area (Å²) in [6, 6.07) is 0. The molecular weight excluding hydrogens is 168 g/mol. The van der Waals surface area contributed by atoms with Crippen molar-refractivity contribution in [3.63, 3.8) is 0 Å². The van der Waals surface area contributed by atoms with Crippen LogP contribution in [0.25, 0.3) is 0 Å². The van der Waals surface area contributed by atoms with Crippen LogP contribution in [0.4, 0.5) is 0 Å². The Kier molecular flexibility index (Phi) is 4.47. The molecule has 0 saturated heterocycles. The Morgan fingerprint density at radius 1 is 1.00 bits per heavy atom. The van der Waals surface area contributed by atoms with Crippen LogP contribution < -0.4 is 0 Å². The predicted octanol–water partition coefficient (Wildman–Crippen LogP) is 4.74. The minimum atomic E-state index is 0.849. The first-order valence-electron chi connectivity index (χ1n) is 6.52. The second kappa shape index (κ2) is 5.19. The van der Waals surface area contributed by atoms with Crippen LogP contribution in [-0.4, -0.2) is 0 Å². The van der Waals surface area contributed by atoms with E-state index in [9.17, 15) is 0 Å². The van der Waals surface area contributed by atoms with E-state index in [1.807, 2.05) is 0 Å². The fraction of sp³-hybridized carbons (Fsp3) is 1.00. The van der Waals surface area contributed by atoms with E-state index in [1.54, 1.807) is 0 Å². The van der Waals surface area contributed by atoms with Gasteiger partial charge in [-0.25, -0.2) is 0 Å². The van der Waals surface area contributed by atoms with E-state index in [1.165, 1.54) is 25.7 Å². The Bertz CT molecular complexity index is 159. The highest BCUT2D eigenvalue weighted by Gasteiger charge is 2.28. The van der Waals surface area contributed by atoms with Crippen molar-refractivity contribution < 1.29 is 0 Å². The van der Waals surface area contributed by atoms with Gasteiger partial charge < -0.3 is 0 Å². The van der Waals surface area contributed by atoms with Gasteiger partial charge in [-0.3, -0.25) is 0 Å². The van der Waals surface area contributed by atoms with Crippen LogP contribution in [0.2, 0.25) is 0 Å². The molecule has 0 aromatic heterocycles. The maximum absolute atomic E-state index is 2.48. The molecular formula is C14H28. The van der Waals surface area contributed by atoms with Crippen molar-refractivity contribution in [2.45, 2.75) is 60.3 Å². The van der Waals surface area contributed by atoms with Crippen molar-refractivity contribution in [3.8, 4) is 0 Å². The molecule has 0 nitrogen and oxygen atoms in total. The van der Waals surface area contributed by atoms with Crippen LogP contribution >= 0.6 is 0 Å². The Morgan fingerprint density at radius 2 is 1.64 bits per heavy atom. The summed E-state index contributed by atoms with van der Waals surface area (Å²) in [5, 5.41) is 0. The SMILES string of the molecule is CC1CCCC(C(C)C(C)C(C)C)C1. The normalized spacial score (nSPS) is 33.0. The summed E-state index contributed by atoms with van der Waals surface area (Å²) in [5.74, 6) is 4.66. The molecule has 0 heteroatoms. The van der Waals surface area contributed by atoms with Crippen molar-refractivity contribution in [3.05, 3.63) is 0 Å². The van der Waals surface area contributed by atoms with E-state index >= 15 is 0 Å². The minimum absolute atomic E-state index is 0.849. The molecule has 0 radical (unpaired) electrons. The molecule has 4 unspecified atom stereocenters. The average Bonchev–Trinajstić information content (AvgIpc) is 2.15. The molecule has 1 saturated carbocycles. The summed E-state index contributed by atoms with van der Waals surface area (Å²) in [6.07, 6.45) is 5.92. The summed E-state index contributed by atoms with van der Waals surface area (Å²) in [5.41, 5.74) is 0. The fourth-order valence-corrected chi connectivity index (χ4v) is 2.99. The molecule has 1 aliphatic rings. The van der Waals surface area contributed by atoms with Crippen LogP contribution in [0.1, 0.15) is 60.3 Å². The van der Waals surface area contributed by atoms with Crippen molar-refractivity contribution in [2.24, 2.45) is 29.6 Å². The van der Waals surface area contributed by atoms with Gasteiger partial charge in [-0.1, -0.05) is 53.9 Å². The zero-order valence-electron chi connectivity index (χ0n) is 10.7. The van der Waals surface area contributed by atoms with Crippen LogP contribution in [0.15, 0.2) is 0 Å². The lowest BCUT2D eigenvalue weighted by atomic mass is 9.70. The number of hydrogen-bond acceptors (Lipinski definition) is 0. The van der Waals surface area contributed by atoms with Crippen LogP contribution in [-0.2, 0) is 0 Å². The minimum Gasteiger partial charge on any atom is -0.0625 e. The Hall–Kier alpha value is 0. The largest absolute Gasteiger partial charge is 0.0625 e. The van der Waals surface area contributed by atoms with Crippen molar-refractivity contribution in [1.29, 1.82) is 0 Å². The first-order valence-corrected chi connectivity index (χ1v) is 6.52. The van der Waals surface area contributed by atoms with Gasteiger partial charge in [0.1, 0.15) is 0 Å². The molecule has 0 aromatic carbocycles. The number of rotatable bonds is 3. The number of hydrogen-bond donors (Lipinski definition) is 0. The molecule has 0 bridgehead atoms. The molecule has 14 heavy (non-hydrogen) atoms. The topological polar surface area (TPSA) is 0 Å². The summed E-state index contributed by atoms with van der Waals surface area (Å²) in [4.78, 5) is 0. The summed E-state index contributed by atoms with van der Waals surface area (Å²) in [6.45, 7) is 12.1. The molecule has 0 N–H and O–H groups in total. The van der Waals surface area contributed by atoms with Crippen molar-refractivity contribution >= 4 is 0 Å². The smallest absolute Gasteiger partial charge is 0.0383 e. The van der Waals surface area contributed by atoms with E-state index in [2.05, 4.69) is 34.6 Å². The molecule has 4 atom stereocenters. The van der Waals surface area contributed by atoms with Gasteiger partial charge in [0.2, 0.25) is 0 Å². The third-order valence-electron chi connectivity index (χ3n) is 4.60. The monoisotopic (exact) mass is 196 g/mol. The highest BCUT2D eigenvalue weighted by molar-refractivity contribution is 4.78. The van der Waals surface area contributed by atoms with Gasteiger partial charge in [0.05, 0.1) is 0 Å². The van der Waals surface area contributed by atoms with Gasteiger partial charge in [-0.2, -0.15) is 0 Å². The highest BCUT2D eigenvalue weighted by atomic mass is 14.3. The maximum atomic E-state index is 2.48. The van der Waals surface area contributed by atoms with Gasteiger partial charge in [-0.05, 0) is 36.0 Å². The lowest BCUT2D eigenvalue weighted by Crippen LogP contribution is -2.26. The summed E-state index contributed by atoms with van der Waals surface area (Å²) < 4.78 is 0. The summed E-state index contributed by atoms with van der Waals surface area (Å²) in [7, 11) is 0. The Labute approximate surface area is 90.5 Å². The molecule has 1 fully saturated rings. The molecule has 0 amide bonds. The average molecular weight is 196 g/mol. The molecule has 1 rings (SSSR count). The fourth-order valence-electron chi connectivity index (χ4n) is 2.99. The van der Waals surface area contributed by atoms with Crippen LogP contribution in [0.5, 0.6) is 0 Å². The molecule has 84 valence electrons. The molecule has 0 aliphatic heterocycles. The molecule has 0 heterocycles. The van der Waals surface area contributed by atoms with Gasteiger partial charge in [-0.15, -0.1) is 0 Å². The van der Waals surface area contributed by atoms with Gasteiger partial charge in [0, 0.05) is 0 Å². The van der Waals surface area contributed by atoms with Gasteiger partial charge in [0.15, 0.2) is 0 Å². The first-order chi connectivity index (χ1) is 6.52. The van der Waals surface area contributed by atoms with Crippen molar-refractivity contribution in [1.82, 2.24) is 0 Å². The molecule has 0 aromatic rings. The molecule has 0 spiro atoms. The summed E-state index contributed by atoms with van der Waals surface area (Å²) >= 11 is 0. The first kappa shape index (κ1) is 12.1. The van der Waals surface area contributed by atoms with E-state index in [0.717, 1.165) is 29.6 Å². The van der Waals surface area contributed by atoms with Gasteiger partial charge in [0.25, 0.3) is 0 Å². The lowest BCUT2D eigenvalue weighted by Gasteiger charge is -2.36. The van der Waals surface area contributed by atoms with E-state index in [0.29, 0.717) is 0 Å². The third-order valence-corrected chi connectivity index (χ3v) is 4.60. The quantitative estimate of drug-likeness (QED) is 0.611. The zero-order chi connectivity index (χ0) is 10.7. The Balaban J connectivity index is 2.46. The van der Waals surface area contributed by atoms with Gasteiger partial charge >= 0.3 is 0 Å². The van der Waals surface area contributed by atoms with Crippen molar-refractivity contribution in [2.75, 3.05) is 0 Å². The van der Waals surface area contributed by atoms with E-state index in [-0.39, 0.29) is 0 Å². The second-order valence-corrected chi connectivity index (χ2v) is 5.99. The second-order valence-electron chi connectivity index (χ2n) is 5.99. The van der Waals surface area contributed by atoms with E-state index < -0.39 is 0 Å². The van der Waals surface area contributed by atoms with E-state index in [4.69, 9.17) is 0 Å². The predicted molar refractivity (Wildman–Crippen MR) is 64.3 cm³/mol. The Morgan fingerprint density at radius 3 is 2.14 bits per heavy atom. The standard InChI is InChI=1S/C14H28/c1-10(2)12(4)13(5)14-8-6-7-11(3)9-14/h10-14H,6-9H2,1-5H3. The maximum Gasteiger partial charge on any atom is -0.0383 e. The highest BCUT2D eigenvalue weighted by Crippen LogP contribution is 2.38. The lowest BCUT2D eigenvalue weighted by molar-refractivity contribution is 0.146.